The molecule has 3 aromatic carbocycles. The van der Waals surface area contributed by atoms with Gasteiger partial charge in [0.2, 0.25) is 0 Å². The van der Waals surface area contributed by atoms with E-state index in [2.05, 4.69) is 5.32 Å². The largest absolute Gasteiger partial charge is 0.496 e. The molecule has 2 N–H and O–H groups in total. The average Bonchev–Trinajstić information content (AvgIpc) is 3.18. The number of fused-ring (bicyclic) bond motifs is 3. The maximum absolute atomic E-state index is 13.1. The normalized spacial score (nSPS) is 13.4. The lowest BCUT2D eigenvalue weighted by atomic mass is 9.98. The van der Waals surface area contributed by atoms with Crippen LogP contribution in [0.3, 0.4) is 0 Å². The first-order valence-corrected chi connectivity index (χ1v) is 11.3. The minimum atomic E-state index is -4.57. The number of alkyl carbamates (subject to hydrolysis) is 1. The SMILES string of the molecule is COc1cc(CCC(NC(=O)OCC2c3ccccc3-c3ccccc32)C(=O)O)ccc1C(F)(F)F. The molecule has 0 heterocycles. The number of nitrogens with one attached hydrogen (secondary N) is 1. The van der Waals surface area contributed by atoms with Crippen LogP contribution >= 0.6 is 0 Å². The number of carboxylic acids is 1. The van der Waals surface area contributed by atoms with Crippen LogP contribution in [0.2, 0.25) is 0 Å². The topological polar surface area (TPSA) is 84.9 Å². The summed E-state index contributed by atoms with van der Waals surface area (Å²) in [5, 5.41) is 11.9. The van der Waals surface area contributed by atoms with Gasteiger partial charge < -0.3 is 19.9 Å². The molecule has 0 fully saturated rings. The van der Waals surface area contributed by atoms with Crippen molar-refractivity contribution in [2.75, 3.05) is 13.7 Å². The molecule has 188 valence electrons. The zero-order chi connectivity index (χ0) is 25.9. The van der Waals surface area contributed by atoms with Crippen LogP contribution in [0.1, 0.15) is 34.6 Å². The summed E-state index contributed by atoms with van der Waals surface area (Å²) in [5.74, 6) is -1.80. The number of aryl methyl sites for hydroxylation is 1. The summed E-state index contributed by atoms with van der Waals surface area (Å²) in [7, 11) is 1.13. The molecule has 4 rings (SSSR count). The predicted molar refractivity (Wildman–Crippen MR) is 126 cm³/mol. The van der Waals surface area contributed by atoms with E-state index in [1.807, 2.05) is 48.5 Å². The third-order valence-electron chi connectivity index (χ3n) is 6.23. The van der Waals surface area contributed by atoms with E-state index < -0.39 is 29.8 Å². The number of methoxy groups -OCH3 is 1. The van der Waals surface area contributed by atoms with Crippen molar-refractivity contribution in [3.8, 4) is 16.9 Å². The molecule has 0 saturated carbocycles. The van der Waals surface area contributed by atoms with Crippen LogP contribution in [0.4, 0.5) is 18.0 Å². The third kappa shape index (κ3) is 5.30. The second kappa shape index (κ2) is 10.3. The van der Waals surface area contributed by atoms with Crippen molar-refractivity contribution in [2.24, 2.45) is 0 Å². The monoisotopic (exact) mass is 499 g/mol. The number of hydrogen-bond donors (Lipinski definition) is 2. The third-order valence-corrected chi connectivity index (χ3v) is 6.23. The van der Waals surface area contributed by atoms with Crippen LogP contribution in [-0.4, -0.2) is 36.9 Å². The summed E-state index contributed by atoms with van der Waals surface area (Å²) in [6, 6.07) is 17.7. The number of amides is 1. The van der Waals surface area contributed by atoms with Gasteiger partial charge in [-0.15, -0.1) is 0 Å². The quantitative estimate of drug-likeness (QED) is 0.419. The number of aliphatic carboxylic acids is 1. The van der Waals surface area contributed by atoms with Crippen LogP contribution in [0.25, 0.3) is 11.1 Å². The Morgan fingerprint density at radius 2 is 1.61 bits per heavy atom. The Morgan fingerprint density at radius 3 is 2.17 bits per heavy atom. The Hall–Kier alpha value is -4.01. The second-order valence-electron chi connectivity index (χ2n) is 8.43. The number of hydrogen-bond acceptors (Lipinski definition) is 4. The van der Waals surface area contributed by atoms with Crippen molar-refractivity contribution in [1.29, 1.82) is 0 Å². The summed E-state index contributed by atoms with van der Waals surface area (Å²) < 4.78 is 49.4. The van der Waals surface area contributed by atoms with Crippen LogP contribution < -0.4 is 10.1 Å². The molecule has 1 amide bonds. The highest BCUT2D eigenvalue weighted by atomic mass is 19.4. The maximum atomic E-state index is 13.1. The minimum absolute atomic E-state index is 0.0301. The molecule has 1 unspecified atom stereocenters. The molecule has 1 aliphatic rings. The molecular formula is C27H24F3NO5. The van der Waals surface area contributed by atoms with Gasteiger partial charge in [0, 0.05) is 5.92 Å². The van der Waals surface area contributed by atoms with E-state index in [1.165, 1.54) is 12.1 Å². The predicted octanol–water partition coefficient (Wildman–Crippen LogP) is 5.64. The molecule has 36 heavy (non-hydrogen) atoms. The molecule has 3 aromatic rings. The van der Waals surface area contributed by atoms with Gasteiger partial charge in [-0.3, -0.25) is 0 Å². The van der Waals surface area contributed by atoms with Gasteiger partial charge >= 0.3 is 18.2 Å². The van der Waals surface area contributed by atoms with E-state index in [4.69, 9.17) is 9.47 Å². The highest BCUT2D eigenvalue weighted by Crippen LogP contribution is 2.44. The Balaban J connectivity index is 1.38. The smallest absolute Gasteiger partial charge is 0.419 e. The number of carbonyl (C=O) groups excluding carboxylic acids is 1. The van der Waals surface area contributed by atoms with Gasteiger partial charge in [-0.1, -0.05) is 54.6 Å². The molecule has 9 heteroatoms. The number of rotatable bonds is 8. The minimum Gasteiger partial charge on any atom is -0.496 e. The molecule has 0 bridgehead atoms. The molecule has 1 atom stereocenters. The van der Waals surface area contributed by atoms with E-state index in [0.29, 0.717) is 5.56 Å². The fourth-order valence-electron chi connectivity index (χ4n) is 4.48. The summed E-state index contributed by atoms with van der Waals surface area (Å²) in [4.78, 5) is 24.2. The van der Waals surface area contributed by atoms with Gasteiger partial charge in [-0.05, 0) is 52.8 Å². The molecule has 0 aliphatic heterocycles. The standard InChI is InChI=1S/C27H24F3NO5/c1-35-24-14-16(10-12-22(24)27(28,29)30)11-13-23(25(32)33)31-26(34)36-15-21-19-8-4-2-6-17(19)18-7-3-5-9-20(18)21/h2-10,12,14,21,23H,11,13,15H2,1H3,(H,31,34)(H,32,33). The first-order valence-electron chi connectivity index (χ1n) is 11.3. The molecule has 0 radical (unpaired) electrons. The fourth-order valence-corrected chi connectivity index (χ4v) is 4.48. The van der Waals surface area contributed by atoms with Crippen LogP contribution in [-0.2, 0) is 22.1 Å². The van der Waals surface area contributed by atoms with E-state index in [9.17, 15) is 27.9 Å². The average molecular weight is 499 g/mol. The van der Waals surface area contributed by atoms with E-state index in [0.717, 1.165) is 35.4 Å². The number of benzene rings is 3. The Morgan fingerprint density at radius 1 is 1.00 bits per heavy atom. The molecule has 1 aliphatic carbocycles. The fraction of sp³-hybridized carbons (Fsp3) is 0.259. The van der Waals surface area contributed by atoms with Crippen LogP contribution in [0.5, 0.6) is 5.75 Å². The van der Waals surface area contributed by atoms with Crippen LogP contribution in [0.15, 0.2) is 66.7 Å². The first-order chi connectivity index (χ1) is 17.2. The summed E-state index contributed by atoms with van der Waals surface area (Å²) in [6.07, 6.45) is -5.39. The van der Waals surface area contributed by atoms with Crippen LogP contribution in [0, 0.1) is 0 Å². The van der Waals surface area contributed by atoms with Crippen molar-refractivity contribution in [1.82, 2.24) is 5.32 Å². The van der Waals surface area contributed by atoms with Gasteiger partial charge in [0.25, 0.3) is 0 Å². The zero-order valence-electron chi connectivity index (χ0n) is 19.3. The number of carboxylic acid groups (broad SMARTS) is 1. The number of halogens is 3. The highest BCUT2D eigenvalue weighted by Gasteiger charge is 2.34. The van der Waals surface area contributed by atoms with Gasteiger partial charge in [0.05, 0.1) is 12.7 Å². The first kappa shape index (κ1) is 25.1. The lowest BCUT2D eigenvalue weighted by Gasteiger charge is -2.18. The summed E-state index contributed by atoms with van der Waals surface area (Å²) in [5.41, 5.74) is 3.71. The lowest BCUT2D eigenvalue weighted by molar-refractivity contribution is -0.140. The van der Waals surface area contributed by atoms with Crippen molar-refractivity contribution < 1.29 is 37.3 Å². The van der Waals surface area contributed by atoms with Gasteiger partial charge in [0.1, 0.15) is 18.4 Å². The number of carbonyl (C=O) groups is 2. The summed E-state index contributed by atoms with van der Waals surface area (Å²) in [6.45, 7) is 0.0301. The van der Waals surface area contributed by atoms with E-state index in [1.54, 1.807) is 0 Å². The molecule has 6 nitrogen and oxygen atoms in total. The van der Waals surface area contributed by atoms with Gasteiger partial charge in [0.15, 0.2) is 0 Å². The molecular weight excluding hydrogens is 475 g/mol. The zero-order valence-corrected chi connectivity index (χ0v) is 19.3. The Labute approximate surface area is 205 Å². The summed E-state index contributed by atoms with van der Waals surface area (Å²) >= 11 is 0. The Bertz CT molecular complexity index is 1230. The molecule has 0 aromatic heterocycles. The number of alkyl halides is 3. The highest BCUT2D eigenvalue weighted by molar-refractivity contribution is 5.81. The number of ether oxygens (including phenoxy) is 2. The van der Waals surface area contributed by atoms with Crippen molar-refractivity contribution in [2.45, 2.75) is 31.0 Å². The van der Waals surface area contributed by atoms with Crippen molar-refractivity contribution >= 4 is 12.1 Å². The van der Waals surface area contributed by atoms with Crippen molar-refractivity contribution in [3.63, 3.8) is 0 Å². The maximum Gasteiger partial charge on any atom is 0.419 e. The van der Waals surface area contributed by atoms with E-state index in [-0.39, 0.29) is 31.1 Å². The van der Waals surface area contributed by atoms with E-state index >= 15 is 0 Å². The van der Waals surface area contributed by atoms with Gasteiger partial charge in [-0.2, -0.15) is 13.2 Å². The lowest BCUT2D eigenvalue weighted by Crippen LogP contribution is -2.41. The van der Waals surface area contributed by atoms with Gasteiger partial charge in [-0.25, -0.2) is 9.59 Å². The van der Waals surface area contributed by atoms with Crippen molar-refractivity contribution in [3.05, 3.63) is 89.0 Å². The Kier molecular flexibility index (Phi) is 7.19. The molecule has 0 saturated heterocycles. The second-order valence-corrected chi connectivity index (χ2v) is 8.43. The molecule has 0 spiro atoms.